The highest BCUT2D eigenvalue weighted by Gasteiger charge is 2.25. The van der Waals surface area contributed by atoms with E-state index in [-0.39, 0.29) is 12.0 Å². The van der Waals surface area contributed by atoms with Gasteiger partial charge in [0.1, 0.15) is 0 Å². The highest BCUT2D eigenvalue weighted by atomic mass is 79.9. The number of hydrogen-bond donors (Lipinski definition) is 1. The van der Waals surface area contributed by atoms with Crippen LogP contribution in [0, 0.1) is 6.92 Å². The van der Waals surface area contributed by atoms with Gasteiger partial charge >= 0.3 is 5.97 Å². The molecule has 1 saturated heterocycles. The minimum Gasteiger partial charge on any atom is -0.469 e. The van der Waals surface area contributed by atoms with Gasteiger partial charge in [-0.2, -0.15) is 0 Å². The van der Waals surface area contributed by atoms with Crippen LogP contribution in [0.5, 0.6) is 0 Å². The Morgan fingerprint density at radius 1 is 1.58 bits per heavy atom. The average molecular weight is 327 g/mol. The lowest BCUT2D eigenvalue weighted by Gasteiger charge is -2.37. The molecule has 5 heteroatoms. The fraction of sp³-hybridized carbons (Fsp3) is 0.500. The minimum atomic E-state index is -0.162. The number of nitrogens with one attached hydrogen (secondary N) is 1. The van der Waals surface area contributed by atoms with Crippen molar-refractivity contribution < 1.29 is 9.53 Å². The van der Waals surface area contributed by atoms with Gasteiger partial charge in [-0.3, -0.25) is 4.79 Å². The van der Waals surface area contributed by atoms with E-state index < -0.39 is 0 Å². The predicted molar refractivity (Wildman–Crippen MR) is 79.5 cm³/mol. The van der Waals surface area contributed by atoms with Crippen molar-refractivity contribution in [2.75, 3.05) is 31.6 Å². The smallest absolute Gasteiger partial charge is 0.307 e. The van der Waals surface area contributed by atoms with E-state index in [0.29, 0.717) is 6.42 Å². The molecule has 1 aromatic rings. The largest absolute Gasteiger partial charge is 0.469 e. The fourth-order valence-electron chi connectivity index (χ4n) is 2.32. The number of esters is 1. The van der Waals surface area contributed by atoms with Crippen molar-refractivity contribution in [2.24, 2.45) is 0 Å². The highest BCUT2D eigenvalue weighted by Crippen LogP contribution is 2.26. The normalized spacial score (nSPS) is 19.3. The number of benzene rings is 1. The zero-order valence-corrected chi connectivity index (χ0v) is 12.9. The second kappa shape index (κ2) is 6.39. The first-order valence-corrected chi connectivity index (χ1v) is 7.21. The molecule has 1 fully saturated rings. The zero-order valence-electron chi connectivity index (χ0n) is 11.3. The number of carbonyl (C=O) groups excluding carboxylic acids is 1. The van der Waals surface area contributed by atoms with Gasteiger partial charge in [0.25, 0.3) is 0 Å². The average Bonchev–Trinajstić information content (AvgIpc) is 2.42. The van der Waals surface area contributed by atoms with E-state index >= 15 is 0 Å². The van der Waals surface area contributed by atoms with Crippen LogP contribution in [0.2, 0.25) is 0 Å². The van der Waals surface area contributed by atoms with Gasteiger partial charge in [-0.25, -0.2) is 0 Å². The molecule has 0 radical (unpaired) electrons. The number of aryl methyl sites for hydroxylation is 1. The van der Waals surface area contributed by atoms with Crippen LogP contribution < -0.4 is 10.2 Å². The van der Waals surface area contributed by atoms with Crippen LogP contribution in [0.3, 0.4) is 0 Å². The SMILES string of the molecule is COC(=O)CC1CNCCN1c1ccc(C)c(Br)c1. The Morgan fingerprint density at radius 3 is 3.05 bits per heavy atom. The fourth-order valence-corrected chi connectivity index (χ4v) is 2.69. The van der Waals surface area contributed by atoms with E-state index in [2.05, 4.69) is 51.3 Å². The van der Waals surface area contributed by atoms with Gasteiger partial charge in [0, 0.05) is 29.8 Å². The van der Waals surface area contributed by atoms with Crippen molar-refractivity contribution in [3.8, 4) is 0 Å². The summed E-state index contributed by atoms with van der Waals surface area (Å²) in [5.41, 5.74) is 2.36. The summed E-state index contributed by atoms with van der Waals surface area (Å²) in [6.45, 7) is 4.71. The van der Waals surface area contributed by atoms with Gasteiger partial charge in [0.2, 0.25) is 0 Å². The van der Waals surface area contributed by atoms with Crippen LogP contribution in [-0.2, 0) is 9.53 Å². The van der Waals surface area contributed by atoms with Crippen LogP contribution in [0.15, 0.2) is 22.7 Å². The molecule has 104 valence electrons. The van der Waals surface area contributed by atoms with Crippen molar-refractivity contribution in [3.05, 3.63) is 28.2 Å². The van der Waals surface area contributed by atoms with Gasteiger partial charge in [0.05, 0.1) is 19.6 Å². The minimum absolute atomic E-state index is 0.149. The third-order valence-electron chi connectivity index (χ3n) is 3.47. The molecule has 0 spiro atoms. The van der Waals surface area contributed by atoms with E-state index in [0.717, 1.165) is 29.8 Å². The molecule has 1 aliphatic heterocycles. The topological polar surface area (TPSA) is 41.6 Å². The summed E-state index contributed by atoms with van der Waals surface area (Å²) in [6.07, 6.45) is 0.412. The zero-order chi connectivity index (χ0) is 13.8. The standard InChI is InChI=1S/C14H19BrN2O2/c1-10-3-4-11(7-13(10)15)17-6-5-16-9-12(17)8-14(18)19-2/h3-4,7,12,16H,5-6,8-9H2,1-2H3. The quantitative estimate of drug-likeness (QED) is 0.864. The van der Waals surface area contributed by atoms with E-state index in [1.807, 2.05) is 0 Å². The van der Waals surface area contributed by atoms with Crippen LogP contribution >= 0.6 is 15.9 Å². The number of methoxy groups -OCH3 is 1. The molecule has 0 amide bonds. The van der Waals surface area contributed by atoms with Crippen LogP contribution in [-0.4, -0.2) is 38.8 Å². The molecular weight excluding hydrogens is 308 g/mol. The molecule has 1 atom stereocenters. The number of hydrogen-bond acceptors (Lipinski definition) is 4. The van der Waals surface area contributed by atoms with Crippen molar-refractivity contribution in [1.82, 2.24) is 5.32 Å². The number of nitrogens with zero attached hydrogens (tertiary/aromatic N) is 1. The van der Waals surface area contributed by atoms with Crippen molar-refractivity contribution in [2.45, 2.75) is 19.4 Å². The first kappa shape index (κ1) is 14.3. The van der Waals surface area contributed by atoms with E-state index in [1.54, 1.807) is 0 Å². The van der Waals surface area contributed by atoms with Crippen molar-refractivity contribution >= 4 is 27.6 Å². The maximum absolute atomic E-state index is 11.5. The number of halogens is 1. The van der Waals surface area contributed by atoms with Crippen LogP contribution in [0.1, 0.15) is 12.0 Å². The summed E-state index contributed by atoms with van der Waals surface area (Å²) in [6, 6.07) is 6.47. The summed E-state index contributed by atoms with van der Waals surface area (Å²) in [4.78, 5) is 13.8. The summed E-state index contributed by atoms with van der Waals surface area (Å²) in [5.74, 6) is -0.162. The summed E-state index contributed by atoms with van der Waals surface area (Å²) in [5, 5.41) is 3.33. The molecule has 0 aliphatic carbocycles. The Kier molecular flexibility index (Phi) is 4.82. The Labute approximate surface area is 122 Å². The number of ether oxygens (including phenoxy) is 1. The first-order valence-electron chi connectivity index (χ1n) is 6.42. The number of carbonyl (C=O) groups is 1. The maximum Gasteiger partial charge on any atom is 0.307 e. The number of rotatable bonds is 3. The van der Waals surface area contributed by atoms with Crippen LogP contribution in [0.4, 0.5) is 5.69 Å². The molecule has 1 aliphatic rings. The van der Waals surface area contributed by atoms with Gasteiger partial charge in [-0.05, 0) is 24.6 Å². The first-order chi connectivity index (χ1) is 9.11. The lowest BCUT2D eigenvalue weighted by Crippen LogP contribution is -2.52. The van der Waals surface area contributed by atoms with Gasteiger partial charge in [-0.15, -0.1) is 0 Å². The van der Waals surface area contributed by atoms with Gasteiger partial charge in [-0.1, -0.05) is 22.0 Å². The molecule has 1 aromatic carbocycles. The molecule has 0 aromatic heterocycles. The lowest BCUT2D eigenvalue weighted by atomic mass is 10.1. The molecule has 1 unspecified atom stereocenters. The molecule has 19 heavy (non-hydrogen) atoms. The molecule has 4 nitrogen and oxygen atoms in total. The van der Waals surface area contributed by atoms with E-state index in [1.165, 1.54) is 12.7 Å². The number of piperazine rings is 1. The summed E-state index contributed by atoms with van der Waals surface area (Å²) in [7, 11) is 1.44. The summed E-state index contributed by atoms with van der Waals surface area (Å²) >= 11 is 3.56. The molecular formula is C14H19BrN2O2. The predicted octanol–water partition coefficient (Wildman–Crippen LogP) is 2.10. The second-order valence-electron chi connectivity index (χ2n) is 4.77. The molecule has 1 N–H and O–H groups in total. The summed E-state index contributed by atoms with van der Waals surface area (Å²) < 4.78 is 5.87. The highest BCUT2D eigenvalue weighted by molar-refractivity contribution is 9.10. The Hall–Kier alpha value is -1.07. The number of anilines is 1. The molecule has 0 saturated carbocycles. The van der Waals surface area contributed by atoms with E-state index in [4.69, 9.17) is 4.74 Å². The second-order valence-corrected chi connectivity index (χ2v) is 5.62. The monoisotopic (exact) mass is 326 g/mol. The molecule has 2 rings (SSSR count). The van der Waals surface area contributed by atoms with Crippen molar-refractivity contribution in [3.63, 3.8) is 0 Å². The third kappa shape index (κ3) is 3.48. The molecule has 0 bridgehead atoms. The van der Waals surface area contributed by atoms with Crippen LogP contribution in [0.25, 0.3) is 0 Å². The third-order valence-corrected chi connectivity index (χ3v) is 4.32. The van der Waals surface area contributed by atoms with Gasteiger partial charge in [0.15, 0.2) is 0 Å². The maximum atomic E-state index is 11.5. The molecule has 1 heterocycles. The Balaban J connectivity index is 2.18. The Morgan fingerprint density at radius 2 is 2.37 bits per heavy atom. The van der Waals surface area contributed by atoms with Crippen molar-refractivity contribution in [1.29, 1.82) is 0 Å². The lowest BCUT2D eigenvalue weighted by molar-refractivity contribution is -0.141. The van der Waals surface area contributed by atoms with E-state index in [9.17, 15) is 4.79 Å². The Bertz CT molecular complexity index is 465. The van der Waals surface area contributed by atoms with Gasteiger partial charge < -0.3 is 15.0 Å².